The normalized spacial score (nSPS) is 9.77. The van der Waals surface area contributed by atoms with Crippen LogP contribution in [0.3, 0.4) is 0 Å². The van der Waals surface area contributed by atoms with Crippen molar-refractivity contribution in [2.24, 2.45) is 0 Å². The number of hydrogen-bond acceptors (Lipinski definition) is 4. The number of benzene rings is 2. The topological polar surface area (TPSA) is 116 Å². The second-order valence-corrected chi connectivity index (χ2v) is 5.43. The fourth-order valence-electron chi connectivity index (χ4n) is 2.07. The summed E-state index contributed by atoms with van der Waals surface area (Å²) in [5, 5.41) is 5.18. The van der Waals surface area contributed by atoms with Gasteiger partial charge in [-0.15, -0.1) is 0 Å². The second-order valence-electron chi connectivity index (χ2n) is 5.43. The summed E-state index contributed by atoms with van der Waals surface area (Å²) in [5.41, 5.74) is 6.39. The Balaban J connectivity index is 1.90. The van der Waals surface area contributed by atoms with E-state index in [4.69, 9.17) is 0 Å². The van der Waals surface area contributed by atoms with Gasteiger partial charge in [0.2, 0.25) is 11.8 Å². The molecule has 134 valence electrons. The van der Waals surface area contributed by atoms with Gasteiger partial charge in [0.1, 0.15) is 0 Å². The van der Waals surface area contributed by atoms with Crippen LogP contribution in [0.1, 0.15) is 34.6 Å². The number of rotatable bonds is 4. The van der Waals surface area contributed by atoms with E-state index in [2.05, 4.69) is 21.5 Å². The molecule has 0 aromatic heterocycles. The Bertz CT molecular complexity index is 758. The van der Waals surface area contributed by atoms with Crippen LogP contribution in [0.5, 0.6) is 0 Å². The smallest absolute Gasteiger partial charge is 0.269 e. The highest BCUT2D eigenvalue weighted by molar-refractivity contribution is 6.00. The molecule has 0 saturated carbocycles. The van der Waals surface area contributed by atoms with Crippen LogP contribution in [0.25, 0.3) is 0 Å². The van der Waals surface area contributed by atoms with Gasteiger partial charge in [0.15, 0.2) is 0 Å². The molecule has 0 aliphatic heterocycles. The Hall–Kier alpha value is -3.68. The van der Waals surface area contributed by atoms with Gasteiger partial charge in [-0.2, -0.15) is 0 Å². The van der Waals surface area contributed by atoms with E-state index < -0.39 is 11.8 Å². The van der Waals surface area contributed by atoms with Crippen molar-refractivity contribution in [1.29, 1.82) is 0 Å². The van der Waals surface area contributed by atoms with Gasteiger partial charge in [0.25, 0.3) is 11.8 Å². The molecule has 0 bridgehead atoms. The first-order chi connectivity index (χ1) is 12.3. The number of carbonyl (C=O) groups is 4. The van der Waals surface area contributed by atoms with E-state index in [9.17, 15) is 19.2 Å². The summed E-state index contributed by atoms with van der Waals surface area (Å²) >= 11 is 0. The Labute approximate surface area is 149 Å². The lowest BCUT2D eigenvalue weighted by Gasteiger charge is -2.09. The van der Waals surface area contributed by atoms with Crippen LogP contribution in [0, 0.1) is 0 Å². The van der Waals surface area contributed by atoms with E-state index in [0.29, 0.717) is 22.5 Å². The van der Waals surface area contributed by atoms with Crippen LogP contribution in [0.2, 0.25) is 0 Å². The van der Waals surface area contributed by atoms with Crippen molar-refractivity contribution in [3.8, 4) is 0 Å². The molecule has 0 heterocycles. The summed E-state index contributed by atoms with van der Waals surface area (Å²) in [6.07, 6.45) is 0. The zero-order chi connectivity index (χ0) is 19.1. The van der Waals surface area contributed by atoms with Crippen LogP contribution in [-0.4, -0.2) is 23.6 Å². The molecule has 4 N–H and O–H groups in total. The Morgan fingerprint density at radius 3 is 1.15 bits per heavy atom. The van der Waals surface area contributed by atoms with E-state index in [1.54, 1.807) is 24.3 Å². The predicted molar refractivity (Wildman–Crippen MR) is 96.4 cm³/mol. The van der Waals surface area contributed by atoms with E-state index in [1.165, 1.54) is 38.1 Å². The molecule has 0 aliphatic rings. The van der Waals surface area contributed by atoms with Crippen LogP contribution < -0.4 is 21.5 Å². The van der Waals surface area contributed by atoms with Crippen molar-refractivity contribution in [1.82, 2.24) is 10.9 Å². The molecule has 8 heteroatoms. The quantitative estimate of drug-likeness (QED) is 0.625. The average Bonchev–Trinajstić information content (AvgIpc) is 2.59. The maximum Gasteiger partial charge on any atom is 0.269 e. The minimum atomic E-state index is -0.498. The zero-order valence-electron chi connectivity index (χ0n) is 14.3. The lowest BCUT2D eigenvalue weighted by atomic mass is 10.2. The highest BCUT2D eigenvalue weighted by Crippen LogP contribution is 2.10. The number of hydrogen-bond donors (Lipinski definition) is 4. The molecule has 0 fully saturated rings. The minimum absolute atomic E-state index is 0.209. The first-order valence-corrected chi connectivity index (χ1v) is 7.71. The first-order valence-electron chi connectivity index (χ1n) is 7.71. The summed E-state index contributed by atoms with van der Waals surface area (Å²) in [4.78, 5) is 46.0. The fourth-order valence-corrected chi connectivity index (χ4v) is 2.07. The van der Waals surface area contributed by atoms with Crippen molar-refractivity contribution in [3.05, 3.63) is 59.7 Å². The third kappa shape index (κ3) is 5.45. The summed E-state index contributed by atoms with van der Waals surface area (Å²) < 4.78 is 0. The maximum atomic E-state index is 12.0. The molecule has 0 radical (unpaired) electrons. The molecule has 0 saturated heterocycles. The molecule has 8 nitrogen and oxygen atoms in total. The molecule has 2 aromatic carbocycles. The maximum absolute atomic E-state index is 12.0. The molecule has 2 rings (SSSR count). The average molecular weight is 354 g/mol. The molecule has 0 atom stereocenters. The van der Waals surface area contributed by atoms with Crippen molar-refractivity contribution < 1.29 is 19.2 Å². The fraction of sp³-hybridized carbons (Fsp3) is 0.111. The van der Waals surface area contributed by atoms with E-state index in [1.807, 2.05) is 0 Å². The summed E-state index contributed by atoms with van der Waals surface area (Å²) in [7, 11) is 0. The van der Waals surface area contributed by atoms with Gasteiger partial charge in [-0.3, -0.25) is 30.0 Å². The van der Waals surface area contributed by atoms with Crippen molar-refractivity contribution in [2.45, 2.75) is 13.8 Å². The molecule has 4 amide bonds. The van der Waals surface area contributed by atoms with Gasteiger partial charge in [-0.1, -0.05) is 0 Å². The molecule has 26 heavy (non-hydrogen) atoms. The molecular weight excluding hydrogens is 336 g/mol. The van der Waals surface area contributed by atoms with Gasteiger partial charge in [-0.05, 0) is 48.5 Å². The predicted octanol–water partition coefficient (Wildman–Crippen LogP) is 1.68. The second kappa shape index (κ2) is 8.43. The van der Waals surface area contributed by atoms with Gasteiger partial charge in [-0.25, -0.2) is 0 Å². The molecular formula is C18H18N4O4. The third-order valence-electron chi connectivity index (χ3n) is 3.22. The highest BCUT2D eigenvalue weighted by atomic mass is 16.2. The summed E-state index contributed by atoms with van der Waals surface area (Å²) in [6.45, 7) is 2.78. The first kappa shape index (κ1) is 18.7. The van der Waals surface area contributed by atoms with Crippen LogP contribution in [0.15, 0.2) is 48.5 Å². The minimum Gasteiger partial charge on any atom is -0.326 e. The van der Waals surface area contributed by atoms with Gasteiger partial charge >= 0.3 is 0 Å². The van der Waals surface area contributed by atoms with Crippen LogP contribution >= 0.6 is 0 Å². The lowest BCUT2D eigenvalue weighted by molar-refractivity contribution is -0.115. The van der Waals surface area contributed by atoms with Crippen LogP contribution in [-0.2, 0) is 9.59 Å². The van der Waals surface area contributed by atoms with Crippen molar-refractivity contribution >= 4 is 35.0 Å². The standard InChI is InChI=1S/C18H18N4O4/c1-11(23)19-15-7-3-13(4-8-15)17(25)21-22-18(26)14-5-9-16(10-6-14)20-12(2)24/h3-10H,1-2H3,(H,19,23)(H,20,24)(H,21,25)(H,22,26). The van der Waals surface area contributed by atoms with E-state index >= 15 is 0 Å². The van der Waals surface area contributed by atoms with Crippen molar-refractivity contribution in [2.75, 3.05) is 10.6 Å². The Kier molecular flexibility index (Phi) is 6.05. The summed E-state index contributed by atoms with van der Waals surface area (Å²) in [6, 6.07) is 12.4. The third-order valence-corrected chi connectivity index (χ3v) is 3.22. The largest absolute Gasteiger partial charge is 0.326 e. The number of hydrazine groups is 1. The van der Waals surface area contributed by atoms with E-state index in [-0.39, 0.29) is 11.8 Å². The zero-order valence-corrected chi connectivity index (χ0v) is 14.3. The molecule has 0 spiro atoms. The number of carbonyl (C=O) groups excluding carboxylic acids is 4. The van der Waals surface area contributed by atoms with Gasteiger partial charge in [0, 0.05) is 36.3 Å². The lowest BCUT2D eigenvalue weighted by Crippen LogP contribution is -2.41. The summed E-state index contributed by atoms with van der Waals surface area (Å²) in [5.74, 6) is -1.41. The number of amides is 4. The SMILES string of the molecule is CC(=O)Nc1ccc(C(=O)NNC(=O)c2ccc(NC(C)=O)cc2)cc1. The number of nitrogens with one attached hydrogen (secondary N) is 4. The van der Waals surface area contributed by atoms with Gasteiger partial charge in [0.05, 0.1) is 0 Å². The Morgan fingerprint density at radius 2 is 0.885 bits per heavy atom. The monoisotopic (exact) mass is 354 g/mol. The molecule has 2 aromatic rings. The Morgan fingerprint density at radius 1 is 0.577 bits per heavy atom. The number of anilines is 2. The molecule has 0 unspecified atom stereocenters. The van der Waals surface area contributed by atoms with Crippen molar-refractivity contribution in [3.63, 3.8) is 0 Å². The highest BCUT2D eigenvalue weighted by Gasteiger charge is 2.09. The van der Waals surface area contributed by atoms with Crippen LogP contribution in [0.4, 0.5) is 11.4 Å². The van der Waals surface area contributed by atoms with E-state index in [0.717, 1.165) is 0 Å². The molecule has 0 aliphatic carbocycles. The van der Waals surface area contributed by atoms with Gasteiger partial charge < -0.3 is 10.6 Å².